The molecule has 0 aliphatic heterocycles. The van der Waals surface area contributed by atoms with Crippen molar-refractivity contribution in [3.05, 3.63) is 29.6 Å². The molecular formula is C13H15FN2O4S. The summed E-state index contributed by atoms with van der Waals surface area (Å²) in [6.45, 7) is 1.06. The highest BCUT2D eigenvalue weighted by molar-refractivity contribution is 7.89. The second-order valence-corrected chi connectivity index (χ2v) is 5.98. The van der Waals surface area contributed by atoms with Crippen molar-refractivity contribution < 1.29 is 22.7 Å². The molecule has 0 spiro atoms. The summed E-state index contributed by atoms with van der Waals surface area (Å²) in [6, 6.07) is 2.59. The molecule has 0 aromatic heterocycles. The molecule has 8 heteroatoms. The Balaban J connectivity index is 3.01. The quantitative estimate of drug-likeness (QED) is 0.649. The van der Waals surface area contributed by atoms with Gasteiger partial charge in [0.2, 0.25) is 15.9 Å². The van der Waals surface area contributed by atoms with Gasteiger partial charge in [-0.1, -0.05) is 11.8 Å². The summed E-state index contributed by atoms with van der Waals surface area (Å²) in [6.07, 6.45) is -0.194. The third-order valence-corrected chi connectivity index (χ3v) is 4.02. The van der Waals surface area contributed by atoms with Crippen LogP contribution in [0.5, 0.6) is 0 Å². The van der Waals surface area contributed by atoms with E-state index in [0.29, 0.717) is 0 Å². The summed E-state index contributed by atoms with van der Waals surface area (Å²) in [5.74, 6) is 3.15. The summed E-state index contributed by atoms with van der Waals surface area (Å²) in [4.78, 5) is 10.2. The van der Waals surface area contributed by atoms with Gasteiger partial charge < -0.3 is 10.8 Å². The molecule has 0 fully saturated rings. The van der Waals surface area contributed by atoms with Crippen LogP contribution in [0.4, 0.5) is 4.39 Å². The van der Waals surface area contributed by atoms with Crippen molar-refractivity contribution in [3.63, 3.8) is 0 Å². The minimum atomic E-state index is -4.10. The predicted octanol–water partition coefficient (Wildman–Crippen LogP) is -0.288. The molecule has 0 bridgehead atoms. The van der Waals surface area contributed by atoms with Gasteiger partial charge in [-0.2, -0.15) is 0 Å². The van der Waals surface area contributed by atoms with E-state index in [0.717, 1.165) is 12.1 Å². The minimum absolute atomic E-state index is 0.194. The standard InChI is InChI=1S/C13H15FN2O4S/c1-9(7-13(15)18)16-21(19,20)12-5-4-10(3-2-6-17)8-11(12)14/h4-5,8-9,16-17H,6-7H2,1H3,(H2,15,18). The molecular weight excluding hydrogens is 299 g/mol. The lowest BCUT2D eigenvalue weighted by Gasteiger charge is -2.13. The highest BCUT2D eigenvalue weighted by Gasteiger charge is 2.22. The zero-order chi connectivity index (χ0) is 16.0. The Bertz CT molecular complexity index is 692. The number of carbonyl (C=O) groups excluding carboxylic acids is 1. The van der Waals surface area contributed by atoms with Crippen LogP contribution in [-0.4, -0.2) is 32.1 Å². The number of halogens is 1. The molecule has 114 valence electrons. The van der Waals surface area contributed by atoms with E-state index in [9.17, 15) is 17.6 Å². The van der Waals surface area contributed by atoms with E-state index in [2.05, 4.69) is 16.6 Å². The van der Waals surface area contributed by atoms with E-state index in [1.165, 1.54) is 13.0 Å². The molecule has 1 unspecified atom stereocenters. The molecule has 0 saturated heterocycles. The molecule has 21 heavy (non-hydrogen) atoms. The van der Waals surface area contributed by atoms with Gasteiger partial charge in [-0.25, -0.2) is 17.5 Å². The van der Waals surface area contributed by atoms with Crippen LogP contribution < -0.4 is 10.5 Å². The Morgan fingerprint density at radius 2 is 2.19 bits per heavy atom. The Hall–Kier alpha value is -1.95. The fraction of sp³-hybridized carbons (Fsp3) is 0.308. The number of nitrogens with two attached hydrogens (primary N) is 1. The summed E-state index contributed by atoms with van der Waals surface area (Å²) in [5, 5.41) is 8.54. The number of benzene rings is 1. The number of nitrogens with one attached hydrogen (secondary N) is 1. The molecule has 1 amide bonds. The van der Waals surface area contributed by atoms with Crippen LogP contribution in [0.2, 0.25) is 0 Å². The third kappa shape index (κ3) is 5.15. The van der Waals surface area contributed by atoms with Crippen molar-refractivity contribution in [1.29, 1.82) is 0 Å². The largest absolute Gasteiger partial charge is 0.384 e. The first-order valence-electron chi connectivity index (χ1n) is 5.96. The highest BCUT2D eigenvalue weighted by atomic mass is 32.2. The Kier molecular flexibility index (Phi) is 5.84. The molecule has 0 aliphatic rings. The maximum atomic E-state index is 13.8. The lowest BCUT2D eigenvalue weighted by Crippen LogP contribution is -2.36. The van der Waals surface area contributed by atoms with Gasteiger partial charge in [0.1, 0.15) is 17.3 Å². The molecule has 6 nitrogen and oxygen atoms in total. The fourth-order valence-electron chi connectivity index (χ4n) is 1.61. The van der Waals surface area contributed by atoms with Gasteiger partial charge in [-0.3, -0.25) is 4.79 Å². The maximum absolute atomic E-state index is 13.8. The van der Waals surface area contributed by atoms with Gasteiger partial charge in [0.25, 0.3) is 0 Å². The van der Waals surface area contributed by atoms with E-state index in [4.69, 9.17) is 10.8 Å². The molecule has 0 radical (unpaired) electrons. The number of hydrogen-bond donors (Lipinski definition) is 3. The summed E-state index contributed by atoms with van der Waals surface area (Å²) in [7, 11) is -4.10. The van der Waals surface area contributed by atoms with Crippen molar-refractivity contribution >= 4 is 15.9 Å². The number of amides is 1. The number of aliphatic hydroxyl groups excluding tert-OH is 1. The first-order chi connectivity index (χ1) is 9.76. The number of sulfonamides is 1. The molecule has 1 aromatic carbocycles. The third-order valence-electron chi connectivity index (χ3n) is 2.40. The van der Waals surface area contributed by atoms with Crippen molar-refractivity contribution in [2.24, 2.45) is 5.73 Å². The van der Waals surface area contributed by atoms with Gasteiger partial charge in [0.05, 0.1) is 0 Å². The monoisotopic (exact) mass is 314 g/mol. The van der Waals surface area contributed by atoms with Crippen molar-refractivity contribution in [2.75, 3.05) is 6.61 Å². The van der Waals surface area contributed by atoms with Gasteiger partial charge in [0, 0.05) is 18.0 Å². The topological polar surface area (TPSA) is 109 Å². The van der Waals surface area contributed by atoms with E-state index in [1.54, 1.807) is 0 Å². The molecule has 0 saturated carbocycles. The van der Waals surface area contributed by atoms with Crippen LogP contribution in [0.25, 0.3) is 0 Å². The predicted molar refractivity (Wildman–Crippen MR) is 74.0 cm³/mol. The lowest BCUT2D eigenvalue weighted by molar-refractivity contribution is -0.118. The van der Waals surface area contributed by atoms with Gasteiger partial charge in [-0.15, -0.1) is 0 Å². The van der Waals surface area contributed by atoms with Crippen molar-refractivity contribution in [2.45, 2.75) is 24.3 Å². The summed E-state index contributed by atoms with van der Waals surface area (Å²) >= 11 is 0. The van der Waals surface area contributed by atoms with Crippen LogP contribution in [-0.2, 0) is 14.8 Å². The smallest absolute Gasteiger partial charge is 0.243 e. The molecule has 1 rings (SSSR count). The molecule has 1 atom stereocenters. The first-order valence-corrected chi connectivity index (χ1v) is 7.44. The minimum Gasteiger partial charge on any atom is -0.384 e. The van der Waals surface area contributed by atoms with Crippen LogP contribution in [0.3, 0.4) is 0 Å². The molecule has 1 aromatic rings. The first kappa shape index (κ1) is 17.1. The number of hydrogen-bond acceptors (Lipinski definition) is 4. The maximum Gasteiger partial charge on any atom is 0.243 e. The Morgan fingerprint density at radius 1 is 1.52 bits per heavy atom. The van der Waals surface area contributed by atoms with Gasteiger partial charge in [-0.05, 0) is 25.1 Å². The van der Waals surface area contributed by atoms with E-state index >= 15 is 0 Å². The summed E-state index contributed by atoms with van der Waals surface area (Å²) in [5.41, 5.74) is 5.21. The number of aliphatic hydroxyl groups is 1. The second kappa shape index (κ2) is 7.17. The second-order valence-electron chi connectivity index (χ2n) is 4.30. The molecule has 0 aliphatic carbocycles. The average Bonchev–Trinajstić information content (AvgIpc) is 2.34. The van der Waals surface area contributed by atoms with E-state index < -0.39 is 32.7 Å². The number of rotatable bonds is 5. The molecule has 4 N–H and O–H groups in total. The van der Waals surface area contributed by atoms with E-state index in [1.807, 2.05) is 0 Å². The van der Waals surface area contributed by atoms with Crippen LogP contribution in [0, 0.1) is 17.7 Å². The molecule has 0 heterocycles. The summed E-state index contributed by atoms with van der Waals surface area (Å²) < 4.78 is 40.0. The van der Waals surface area contributed by atoms with Crippen molar-refractivity contribution in [1.82, 2.24) is 4.72 Å². The van der Waals surface area contributed by atoms with Gasteiger partial charge in [0.15, 0.2) is 0 Å². The fourth-order valence-corrected chi connectivity index (χ4v) is 2.91. The van der Waals surface area contributed by atoms with Crippen LogP contribution in [0.1, 0.15) is 18.9 Å². The normalized spacial score (nSPS) is 12.3. The Morgan fingerprint density at radius 3 is 2.71 bits per heavy atom. The van der Waals surface area contributed by atoms with Gasteiger partial charge >= 0.3 is 0 Å². The van der Waals surface area contributed by atoms with Crippen molar-refractivity contribution in [3.8, 4) is 11.8 Å². The van der Waals surface area contributed by atoms with Crippen LogP contribution >= 0.6 is 0 Å². The highest BCUT2D eigenvalue weighted by Crippen LogP contribution is 2.16. The SMILES string of the molecule is CC(CC(N)=O)NS(=O)(=O)c1ccc(C#CCO)cc1F. The van der Waals surface area contributed by atoms with E-state index in [-0.39, 0.29) is 18.6 Å². The van der Waals surface area contributed by atoms with Crippen LogP contribution in [0.15, 0.2) is 23.1 Å². The zero-order valence-electron chi connectivity index (χ0n) is 11.3. The lowest BCUT2D eigenvalue weighted by atomic mass is 10.2. The Labute approximate surface area is 122 Å². The average molecular weight is 314 g/mol. The number of primary amides is 1. The number of carbonyl (C=O) groups is 1. The zero-order valence-corrected chi connectivity index (χ0v) is 12.1.